The molecule has 5 unspecified atom stereocenters. The van der Waals surface area contributed by atoms with E-state index in [4.69, 9.17) is 14.2 Å². The van der Waals surface area contributed by atoms with Gasteiger partial charge in [0.25, 0.3) is 0 Å². The first-order chi connectivity index (χ1) is 12.5. The predicted octanol–water partition coefficient (Wildman–Crippen LogP) is -0.0473. The molecule has 5 atom stereocenters. The zero-order valence-electron chi connectivity index (χ0n) is 14.0. The number of aliphatic hydroxyl groups is 4. The molecule has 2 aliphatic rings. The maximum absolute atomic E-state index is 12.2. The Morgan fingerprint density at radius 2 is 1.96 bits per heavy atom. The highest BCUT2D eigenvalue weighted by Crippen LogP contribution is 2.37. The minimum Gasteiger partial charge on any atom is -0.461 e. The normalized spacial score (nSPS) is 32.7. The van der Waals surface area contributed by atoms with E-state index in [1.165, 1.54) is 6.07 Å². The largest absolute Gasteiger partial charge is 0.461 e. The molecule has 2 aliphatic heterocycles. The summed E-state index contributed by atoms with van der Waals surface area (Å²) >= 11 is 0. The quantitative estimate of drug-likeness (QED) is 0.548. The van der Waals surface area contributed by atoms with Crippen molar-refractivity contribution in [2.45, 2.75) is 37.6 Å². The Kier molecular flexibility index (Phi) is 5.40. The number of allylic oxidation sites excluding steroid dienone is 3. The fourth-order valence-electron chi connectivity index (χ4n) is 2.85. The smallest absolute Gasteiger partial charge is 0.348 e. The summed E-state index contributed by atoms with van der Waals surface area (Å²) in [5, 5.41) is 39.0. The first kappa shape index (κ1) is 18.6. The van der Waals surface area contributed by atoms with Crippen LogP contribution in [0.5, 0.6) is 5.75 Å². The number of benzene rings is 1. The lowest BCUT2D eigenvalue weighted by Gasteiger charge is -2.39. The van der Waals surface area contributed by atoms with Crippen LogP contribution in [0.1, 0.15) is 22.8 Å². The molecule has 0 radical (unpaired) electrons. The number of fused-ring (bicyclic) bond motifs is 1. The summed E-state index contributed by atoms with van der Waals surface area (Å²) in [6.45, 7) is 1.25. The topological polar surface area (TPSA) is 126 Å². The molecule has 2 heterocycles. The number of hydrogen-bond donors (Lipinski definition) is 4. The van der Waals surface area contributed by atoms with Gasteiger partial charge in [0.1, 0.15) is 41.5 Å². The van der Waals surface area contributed by atoms with Gasteiger partial charge >= 0.3 is 5.97 Å². The van der Waals surface area contributed by atoms with E-state index < -0.39 is 43.3 Å². The molecule has 140 valence electrons. The van der Waals surface area contributed by atoms with E-state index >= 15 is 0 Å². The average molecular weight is 364 g/mol. The maximum Gasteiger partial charge on any atom is 0.348 e. The van der Waals surface area contributed by atoms with Crippen molar-refractivity contribution in [3.8, 4) is 5.75 Å². The lowest BCUT2D eigenvalue weighted by atomic mass is 9.99. The molecular weight excluding hydrogens is 344 g/mol. The van der Waals surface area contributed by atoms with Crippen LogP contribution < -0.4 is 4.74 Å². The molecule has 1 aromatic rings. The Balaban J connectivity index is 1.90. The third kappa shape index (κ3) is 3.25. The van der Waals surface area contributed by atoms with E-state index in [0.29, 0.717) is 11.3 Å². The van der Waals surface area contributed by atoms with Crippen molar-refractivity contribution in [2.24, 2.45) is 0 Å². The van der Waals surface area contributed by atoms with Crippen LogP contribution >= 0.6 is 0 Å². The zero-order chi connectivity index (χ0) is 18.8. The highest BCUT2D eigenvalue weighted by molar-refractivity contribution is 6.05. The van der Waals surface area contributed by atoms with Crippen LogP contribution in [0.25, 0.3) is 5.76 Å². The van der Waals surface area contributed by atoms with Gasteiger partial charge in [0.2, 0.25) is 6.29 Å². The van der Waals surface area contributed by atoms with Gasteiger partial charge in [-0.1, -0.05) is 24.3 Å². The summed E-state index contributed by atoms with van der Waals surface area (Å²) in [5.41, 5.74) is 0.690. The van der Waals surface area contributed by atoms with E-state index in [1.54, 1.807) is 30.4 Å². The van der Waals surface area contributed by atoms with E-state index in [9.17, 15) is 25.2 Å². The summed E-state index contributed by atoms with van der Waals surface area (Å²) in [7, 11) is 0. The highest BCUT2D eigenvalue weighted by Gasteiger charge is 2.45. The first-order valence-corrected chi connectivity index (χ1v) is 8.13. The number of cyclic esters (lactones) is 1. The Morgan fingerprint density at radius 3 is 2.65 bits per heavy atom. The van der Waals surface area contributed by atoms with E-state index in [0.717, 1.165) is 0 Å². The summed E-state index contributed by atoms with van der Waals surface area (Å²) in [4.78, 5) is 12.2. The minimum absolute atomic E-state index is 0.0979. The Hall–Kier alpha value is -2.23. The molecular formula is C18H20O8. The van der Waals surface area contributed by atoms with Crippen molar-refractivity contribution in [3.05, 3.63) is 47.6 Å². The Bertz CT molecular complexity index is 739. The van der Waals surface area contributed by atoms with Crippen LogP contribution in [0.4, 0.5) is 0 Å². The number of rotatable bonds is 4. The van der Waals surface area contributed by atoms with Gasteiger partial charge in [0, 0.05) is 5.56 Å². The van der Waals surface area contributed by atoms with Gasteiger partial charge in [-0.3, -0.25) is 0 Å². The highest BCUT2D eigenvalue weighted by atomic mass is 16.7. The van der Waals surface area contributed by atoms with Crippen molar-refractivity contribution < 1.29 is 39.4 Å². The molecule has 1 aromatic carbocycles. The van der Waals surface area contributed by atoms with Crippen molar-refractivity contribution in [3.63, 3.8) is 0 Å². The third-order valence-electron chi connectivity index (χ3n) is 4.23. The molecule has 1 saturated heterocycles. The second kappa shape index (κ2) is 7.56. The molecule has 4 N–H and O–H groups in total. The van der Waals surface area contributed by atoms with Crippen molar-refractivity contribution in [2.75, 3.05) is 6.61 Å². The maximum atomic E-state index is 12.2. The van der Waals surface area contributed by atoms with Gasteiger partial charge in [-0.15, -0.1) is 0 Å². The number of carbonyl (C=O) groups excluding carboxylic acids is 1. The molecule has 1 fully saturated rings. The number of ether oxygens (including phenoxy) is 3. The van der Waals surface area contributed by atoms with Gasteiger partial charge in [-0.05, 0) is 19.1 Å². The second-order valence-corrected chi connectivity index (χ2v) is 5.94. The van der Waals surface area contributed by atoms with E-state index in [-0.39, 0.29) is 11.3 Å². The van der Waals surface area contributed by atoms with E-state index in [1.807, 2.05) is 6.92 Å². The zero-order valence-corrected chi connectivity index (χ0v) is 14.0. The van der Waals surface area contributed by atoms with Crippen molar-refractivity contribution >= 4 is 11.7 Å². The fraction of sp³-hybridized carbons (Fsp3) is 0.389. The lowest BCUT2D eigenvalue weighted by Crippen LogP contribution is -2.60. The van der Waals surface area contributed by atoms with Crippen LogP contribution in [-0.4, -0.2) is 63.7 Å². The molecule has 8 nitrogen and oxygen atoms in total. The Morgan fingerprint density at radius 1 is 1.19 bits per heavy atom. The minimum atomic E-state index is -1.57. The summed E-state index contributed by atoms with van der Waals surface area (Å²) in [5.74, 6) is -0.154. The van der Waals surface area contributed by atoms with Crippen LogP contribution in [-0.2, 0) is 9.47 Å². The summed E-state index contributed by atoms with van der Waals surface area (Å²) in [6.07, 6.45) is -1.96. The monoisotopic (exact) mass is 364 g/mol. The number of carbonyl (C=O) groups is 1. The molecule has 26 heavy (non-hydrogen) atoms. The molecule has 0 aliphatic carbocycles. The number of esters is 1. The molecule has 0 bridgehead atoms. The van der Waals surface area contributed by atoms with Crippen LogP contribution in [0.3, 0.4) is 0 Å². The van der Waals surface area contributed by atoms with Gasteiger partial charge in [0.15, 0.2) is 0 Å². The van der Waals surface area contributed by atoms with E-state index in [2.05, 4.69) is 0 Å². The van der Waals surface area contributed by atoms with Crippen molar-refractivity contribution in [1.29, 1.82) is 0 Å². The number of hydrogen-bond acceptors (Lipinski definition) is 8. The van der Waals surface area contributed by atoms with Crippen molar-refractivity contribution in [1.82, 2.24) is 0 Å². The number of aliphatic hydroxyl groups excluding tert-OH is 4. The SMILES string of the molecule is C/C=C/C=C1\OC(=O)c2c(OC3OC(CO)C(O)C(O)C3O)cccc21. The summed E-state index contributed by atoms with van der Waals surface area (Å²) in [6, 6.07) is 4.83. The fourth-order valence-corrected chi connectivity index (χ4v) is 2.85. The molecule has 0 saturated carbocycles. The molecule has 3 rings (SSSR count). The summed E-state index contributed by atoms with van der Waals surface area (Å²) < 4.78 is 16.1. The van der Waals surface area contributed by atoms with Crippen LogP contribution in [0.2, 0.25) is 0 Å². The van der Waals surface area contributed by atoms with Crippen LogP contribution in [0.15, 0.2) is 36.4 Å². The third-order valence-corrected chi connectivity index (χ3v) is 4.23. The van der Waals surface area contributed by atoms with Gasteiger partial charge < -0.3 is 34.6 Å². The Labute approximate surface area is 149 Å². The van der Waals surface area contributed by atoms with Gasteiger partial charge in [0.05, 0.1) is 6.61 Å². The molecule has 0 spiro atoms. The average Bonchev–Trinajstić information content (AvgIpc) is 2.97. The second-order valence-electron chi connectivity index (χ2n) is 5.94. The van der Waals surface area contributed by atoms with Crippen LogP contribution in [0, 0.1) is 0 Å². The molecule has 0 aromatic heterocycles. The lowest BCUT2D eigenvalue weighted by molar-refractivity contribution is -0.277. The standard InChI is InChI=1S/C18H20O8/c1-2-3-6-10-9-5-4-7-11(13(9)17(23)24-10)25-18-16(22)15(21)14(20)12(8-19)26-18/h2-7,12,14-16,18-22H,8H2,1H3/b3-2+,10-6-. The predicted molar refractivity (Wildman–Crippen MR) is 89.0 cm³/mol. The van der Waals surface area contributed by atoms with Gasteiger partial charge in [-0.25, -0.2) is 4.79 Å². The molecule has 0 amide bonds. The first-order valence-electron chi connectivity index (χ1n) is 8.13. The molecule has 8 heteroatoms. The van der Waals surface area contributed by atoms with Gasteiger partial charge in [-0.2, -0.15) is 0 Å².